The summed E-state index contributed by atoms with van der Waals surface area (Å²) in [6.07, 6.45) is 0.665. The van der Waals surface area contributed by atoms with Crippen molar-refractivity contribution in [2.24, 2.45) is 0 Å². The fraction of sp³-hybridized carbons (Fsp3) is 0.500. The fourth-order valence-corrected chi connectivity index (χ4v) is 2.07. The number of carbonyl (C=O) groups is 2. The number of aryl methyl sites for hydroxylation is 1. The molecule has 1 aromatic carbocycles. The highest BCUT2D eigenvalue weighted by Crippen LogP contribution is 2.09. The zero-order chi connectivity index (χ0) is 16.0. The number of benzene rings is 1. The maximum atomic E-state index is 13.4. The molecule has 5 heteroatoms. The monoisotopic (exact) mass is 294 g/mol. The fourth-order valence-electron chi connectivity index (χ4n) is 2.07. The van der Waals surface area contributed by atoms with Crippen LogP contribution in [0, 0.1) is 12.7 Å². The SMILES string of the molecule is CC(=O)N(CCCNC(=O)c1ccc(C)c(F)c1)C(C)C. The molecule has 0 heterocycles. The minimum atomic E-state index is -0.384. The Kier molecular flexibility index (Phi) is 6.34. The molecule has 1 rings (SSSR count). The number of hydrogen-bond donors (Lipinski definition) is 1. The summed E-state index contributed by atoms with van der Waals surface area (Å²) in [5, 5.41) is 2.74. The quantitative estimate of drug-likeness (QED) is 0.820. The van der Waals surface area contributed by atoms with Gasteiger partial charge in [0.05, 0.1) is 0 Å². The molecule has 2 amide bonds. The Balaban J connectivity index is 2.43. The van der Waals surface area contributed by atoms with E-state index in [0.717, 1.165) is 0 Å². The highest BCUT2D eigenvalue weighted by molar-refractivity contribution is 5.94. The van der Waals surface area contributed by atoms with Gasteiger partial charge in [0.25, 0.3) is 5.91 Å². The van der Waals surface area contributed by atoms with Crippen LogP contribution in [0.5, 0.6) is 0 Å². The molecule has 1 aromatic rings. The van der Waals surface area contributed by atoms with Gasteiger partial charge in [0.2, 0.25) is 5.91 Å². The Morgan fingerprint density at radius 2 is 2.00 bits per heavy atom. The van der Waals surface area contributed by atoms with E-state index in [9.17, 15) is 14.0 Å². The number of nitrogens with one attached hydrogen (secondary N) is 1. The number of halogens is 1. The zero-order valence-corrected chi connectivity index (χ0v) is 13.1. The van der Waals surface area contributed by atoms with Gasteiger partial charge in [-0.2, -0.15) is 0 Å². The molecule has 0 atom stereocenters. The van der Waals surface area contributed by atoms with E-state index in [2.05, 4.69) is 5.32 Å². The molecule has 0 aliphatic rings. The molecule has 0 aromatic heterocycles. The van der Waals surface area contributed by atoms with Crippen molar-refractivity contribution < 1.29 is 14.0 Å². The summed E-state index contributed by atoms with van der Waals surface area (Å²) < 4.78 is 13.4. The Morgan fingerprint density at radius 1 is 1.33 bits per heavy atom. The lowest BCUT2D eigenvalue weighted by Crippen LogP contribution is -2.37. The van der Waals surface area contributed by atoms with Crippen LogP contribution < -0.4 is 5.32 Å². The van der Waals surface area contributed by atoms with Crippen LogP contribution in [-0.2, 0) is 4.79 Å². The third kappa shape index (κ3) is 5.17. The summed E-state index contributed by atoms with van der Waals surface area (Å²) in [6.45, 7) is 8.14. The minimum absolute atomic E-state index is 0.0249. The summed E-state index contributed by atoms with van der Waals surface area (Å²) in [6, 6.07) is 4.56. The predicted molar refractivity (Wildman–Crippen MR) is 80.6 cm³/mol. The van der Waals surface area contributed by atoms with Crippen molar-refractivity contribution in [1.29, 1.82) is 0 Å². The summed E-state index contributed by atoms with van der Waals surface area (Å²) in [5.74, 6) is -0.657. The summed E-state index contributed by atoms with van der Waals surface area (Å²) in [5.41, 5.74) is 0.825. The van der Waals surface area contributed by atoms with E-state index in [1.807, 2.05) is 13.8 Å². The molecule has 0 bridgehead atoms. The van der Waals surface area contributed by atoms with Crippen LogP contribution in [0.15, 0.2) is 18.2 Å². The van der Waals surface area contributed by atoms with Crippen LogP contribution in [0.25, 0.3) is 0 Å². The van der Waals surface area contributed by atoms with Crippen molar-refractivity contribution in [1.82, 2.24) is 10.2 Å². The lowest BCUT2D eigenvalue weighted by molar-refractivity contribution is -0.130. The lowest BCUT2D eigenvalue weighted by atomic mass is 10.1. The van der Waals surface area contributed by atoms with Crippen molar-refractivity contribution >= 4 is 11.8 Å². The van der Waals surface area contributed by atoms with E-state index in [4.69, 9.17) is 0 Å². The molecule has 1 N–H and O–H groups in total. The third-order valence-corrected chi connectivity index (χ3v) is 3.32. The smallest absolute Gasteiger partial charge is 0.251 e. The second kappa shape index (κ2) is 7.76. The van der Waals surface area contributed by atoms with Gasteiger partial charge >= 0.3 is 0 Å². The van der Waals surface area contributed by atoms with E-state index in [1.165, 1.54) is 13.0 Å². The van der Waals surface area contributed by atoms with Crippen molar-refractivity contribution in [3.05, 3.63) is 35.1 Å². The van der Waals surface area contributed by atoms with Crippen LogP contribution in [0.4, 0.5) is 4.39 Å². The Labute approximate surface area is 125 Å². The molecular formula is C16H23FN2O2. The molecule has 116 valence electrons. The number of nitrogens with zero attached hydrogens (tertiary/aromatic N) is 1. The average Bonchev–Trinajstić information content (AvgIpc) is 2.40. The number of hydrogen-bond acceptors (Lipinski definition) is 2. The number of rotatable bonds is 6. The van der Waals surface area contributed by atoms with E-state index in [0.29, 0.717) is 30.6 Å². The van der Waals surface area contributed by atoms with Gasteiger partial charge in [-0.3, -0.25) is 9.59 Å². The minimum Gasteiger partial charge on any atom is -0.352 e. The number of amides is 2. The van der Waals surface area contributed by atoms with Gasteiger partial charge in [-0.1, -0.05) is 6.07 Å². The molecule has 0 unspecified atom stereocenters. The van der Waals surface area contributed by atoms with Crippen molar-refractivity contribution in [2.45, 2.75) is 40.2 Å². The summed E-state index contributed by atoms with van der Waals surface area (Å²) in [7, 11) is 0. The standard InChI is InChI=1S/C16H23FN2O2/c1-11(2)19(13(4)20)9-5-8-18-16(21)14-7-6-12(3)15(17)10-14/h6-7,10-11H,5,8-9H2,1-4H3,(H,18,21). The van der Waals surface area contributed by atoms with Gasteiger partial charge in [-0.25, -0.2) is 4.39 Å². The first-order valence-electron chi connectivity index (χ1n) is 7.14. The predicted octanol–water partition coefficient (Wildman–Crippen LogP) is 2.51. The highest BCUT2D eigenvalue weighted by Gasteiger charge is 2.12. The second-order valence-electron chi connectivity index (χ2n) is 5.38. The summed E-state index contributed by atoms with van der Waals surface area (Å²) >= 11 is 0. The first kappa shape index (κ1) is 17.1. The van der Waals surface area contributed by atoms with Gasteiger partial charge in [-0.15, -0.1) is 0 Å². The summed E-state index contributed by atoms with van der Waals surface area (Å²) in [4.78, 5) is 25.0. The molecule has 0 radical (unpaired) electrons. The lowest BCUT2D eigenvalue weighted by Gasteiger charge is -2.25. The van der Waals surface area contributed by atoms with Crippen LogP contribution in [0.3, 0.4) is 0 Å². The van der Waals surface area contributed by atoms with Gasteiger partial charge in [0, 0.05) is 31.6 Å². The van der Waals surface area contributed by atoms with Crippen molar-refractivity contribution in [2.75, 3.05) is 13.1 Å². The van der Waals surface area contributed by atoms with Gasteiger partial charge in [0.15, 0.2) is 0 Å². The zero-order valence-electron chi connectivity index (χ0n) is 13.1. The third-order valence-electron chi connectivity index (χ3n) is 3.32. The Bertz CT molecular complexity index is 515. The first-order valence-corrected chi connectivity index (χ1v) is 7.14. The Hall–Kier alpha value is -1.91. The van der Waals surface area contributed by atoms with Crippen molar-refractivity contribution in [3.63, 3.8) is 0 Å². The molecule has 0 saturated carbocycles. The Morgan fingerprint density at radius 3 is 2.52 bits per heavy atom. The largest absolute Gasteiger partial charge is 0.352 e. The maximum absolute atomic E-state index is 13.4. The molecule has 4 nitrogen and oxygen atoms in total. The molecule has 21 heavy (non-hydrogen) atoms. The number of carbonyl (C=O) groups excluding carboxylic acids is 2. The highest BCUT2D eigenvalue weighted by atomic mass is 19.1. The second-order valence-corrected chi connectivity index (χ2v) is 5.38. The molecule has 0 saturated heterocycles. The molecule has 0 aliphatic carbocycles. The molecule has 0 aliphatic heterocycles. The maximum Gasteiger partial charge on any atom is 0.251 e. The van der Waals surface area contributed by atoms with E-state index >= 15 is 0 Å². The van der Waals surface area contributed by atoms with Crippen LogP contribution >= 0.6 is 0 Å². The van der Waals surface area contributed by atoms with Crippen LogP contribution in [0.1, 0.15) is 43.1 Å². The van der Waals surface area contributed by atoms with Gasteiger partial charge in [0.1, 0.15) is 5.82 Å². The molecular weight excluding hydrogens is 271 g/mol. The van der Waals surface area contributed by atoms with Crippen molar-refractivity contribution in [3.8, 4) is 0 Å². The average molecular weight is 294 g/mol. The molecule has 0 fully saturated rings. The molecule has 0 spiro atoms. The normalized spacial score (nSPS) is 10.6. The topological polar surface area (TPSA) is 49.4 Å². The van der Waals surface area contributed by atoms with E-state index in [-0.39, 0.29) is 23.7 Å². The van der Waals surface area contributed by atoms with Gasteiger partial charge in [-0.05, 0) is 44.9 Å². The van der Waals surface area contributed by atoms with Crippen LogP contribution in [0.2, 0.25) is 0 Å². The van der Waals surface area contributed by atoms with Crippen LogP contribution in [-0.4, -0.2) is 35.8 Å². The van der Waals surface area contributed by atoms with E-state index < -0.39 is 0 Å². The first-order chi connectivity index (χ1) is 9.82. The van der Waals surface area contributed by atoms with Gasteiger partial charge < -0.3 is 10.2 Å². The van der Waals surface area contributed by atoms with E-state index in [1.54, 1.807) is 24.0 Å².